The Kier molecular flexibility index (Phi) is 4.20. The summed E-state index contributed by atoms with van der Waals surface area (Å²) < 4.78 is 27.4. The molecule has 1 aliphatic rings. The van der Waals surface area contributed by atoms with Crippen molar-refractivity contribution in [1.29, 1.82) is 0 Å². The van der Waals surface area contributed by atoms with E-state index in [1.54, 1.807) is 10.4 Å². The number of alkyl halides is 1. The number of halogens is 2. The van der Waals surface area contributed by atoms with Gasteiger partial charge >= 0.3 is 0 Å². The fraction of sp³-hybridized carbons (Fsp3) is 0.600. The molecule has 1 heterocycles. The first-order valence-corrected chi connectivity index (χ1v) is 8.89. The van der Waals surface area contributed by atoms with Crippen LogP contribution in [0.15, 0.2) is 14.7 Å². The van der Waals surface area contributed by atoms with E-state index in [1.165, 1.54) is 11.3 Å². The summed E-state index contributed by atoms with van der Waals surface area (Å²) in [4.78, 5) is 1.23. The average Bonchev–Trinajstić information content (AvgIpc) is 3.00. The number of thiophene rings is 1. The van der Waals surface area contributed by atoms with Crippen LogP contribution in [0.2, 0.25) is 0 Å². The number of hydrogen-bond acceptors (Lipinski definition) is 3. The predicted octanol–water partition coefficient (Wildman–Crippen LogP) is 3.21. The van der Waals surface area contributed by atoms with Gasteiger partial charge in [0, 0.05) is 23.3 Å². The highest BCUT2D eigenvalue weighted by Crippen LogP contribution is 2.36. The van der Waals surface area contributed by atoms with E-state index in [0.717, 1.165) is 21.5 Å². The van der Waals surface area contributed by atoms with Gasteiger partial charge in [0.25, 0.3) is 0 Å². The SMILES string of the molecule is Cc1sc(Br)cc1S(=O)(=O)N(CCCl)C1CC1. The Morgan fingerprint density at radius 3 is 2.65 bits per heavy atom. The molecular formula is C10H13BrClNO2S2. The van der Waals surface area contributed by atoms with E-state index in [4.69, 9.17) is 11.6 Å². The predicted molar refractivity (Wildman–Crippen MR) is 74.4 cm³/mol. The summed E-state index contributed by atoms with van der Waals surface area (Å²) in [7, 11) is -3.38. The van der Waals surface area contributed by atoms with E-state index >= 15 is 0 Å². The summed E-state index contributed by atoms with van der Waals surface area (Å²) in [6.45, 7) is 2.22. The van der Waals surface area contributed by atoms with Gasteiger partial charge in [-0.2, -0.15) is 4.31 Å². The Bertz CT molecular complexity index is 510. The molecule has 0 unspecified atom stereocenters. The molecule has 0 aliphatic heterocycles. The molecule has 0 aromatic carbocycles. The molecule has 0 spiro atoms. The maximum Gasteiger partial charge on any atom is 0.244 e. The lowest BCUT2D eigenvalue weighted by Gasteiger charge is -2.20. The van der Waals surface area contributed by atoms with Crippen LogP contribution in [0.3, 0.4) is 0 Å². The van der Waals surface area contributed by atoms with Crippen LogP contribution in [0.1, 0.15) is 17.7 Å². The summed E-state index contributed by atoms with van der Waals surface area (Å²) >= 11 is 10.5. The second-order valence-corrected chi connectivity index (χ2v) is 8.88. The van der Waals surface area contributed by atoms with Gasteiger partial charge < -0.3 is 0 Å². The fourth-order valence-electron chi connectivity index (χ4n) is 1.76. The molecule has 2 rings (SSSR count). The van der Waals surface area contributed by atoms with Crippen LogP contribution in [0.4, 0.5) is 0 Å². The Morgan fingerprint density at radius 2 is 2.24 bits per heavy atom. The highest BCUT2D eigenvalue weighted by atomic mass is 79.9. The van der Waals surface area contributed by atoms with Crippen LogP contribution in [0.5, 0.6) is 0 Å². The van der Waals surface area contributed by atoms with Crippen LogP contribution in [0, 0.1) is 6.92 Å². The van der Waals surface area contributed by atoms with Crippen molar-refractivity contribution in [3.63, 3.8) is 0 Å². The second-order valence-electron chi connectivity index (χ2n) is 4.01. The monoisotopic (exact) mass is 357 g/mol. The third-order valence-electron chi connectivity index (χ3n) is 2.69. The van der Waals surface area contributed by atoms with Crippen LogP contribution in [-0.2, 0) is 10.0 Å². The van der Waals surface area contributed by atoms with Gasteiger partial charge in [0.2, 0.25) is 10.0 Å². The third-order valence-corrected chi connectivity index (χ3v) is 6.62. The van der Waals surface area contributed by atoms with Crippen molar-refractivity contribution in [2.75, 3.05) is 12.4 Å². The molecule has 0 bridgehead atoms. The Labute approximate surface area is 119 Å². The molecule has 0 amide bonds. The van der Waals surface area contributed by atoms with E-state index in [2.05, 4.69) is 15.9 Å². The molecular weight excluding hydrogens is 346 g/mol. The van der Waals surface area contributed by atoms with E-state index in [-0.39, 0.29) is 6.04 Å². The highest BCUT2D eigenvalue weighted by Gasteiger charge is 2.38. The quantitative estimate of drug-likeness (QED) is 0.758. The summed E-state index contributed by atoms with van der Waals surface area (Å²) in [5.41, 5.74) is 0. The number of sulfonamides is 1. The molecule has 0 saturated heterocycles. The van der Waals surface area contributed by atoms with Gasteiger partial charge in [0.1, 0.15) is 0 Å². The smallest absolute Gasteiger partial charge is 0.207 e. The lowest BCUT2D eigenvalue weighted by molar-refractivity contribution is 0.422. The van der Waals surface area contributed by atoms with Gasteiger partial charge in [-0.05, 0) is 41.8 Å². The summed E-state index contributed by atoms with van der Waals surface area (Å²) in [6, 6.07) is 1.83. The normalized spacial score (nSPS) is 16.7. The minimum absolute atomic E-state index is 0.150. The molecule has 0 atom stereocenters. The lowest BCUT2D eigenvalue weighted by Crippen LogP contribution is -2.34. The average molecular weight is 359 g/mol. The number of rotatable bonds is 5. The van der Waals surface area contributed by atoms with Gasteiger partial charge in [-0.25, -0.2) is 8.42 Å². The van der Waals surface area contributed by atoms with Gasteiger partial charge in [-0.15, -0.1) is 22.9 Å². The molecule has 3 nitrogen and oxygen atoms in total. The molecule has 1 aromatic heterocycles. The molecule has 1 saturated carbocycles. The Hall–Kier alpha value is 0.380. The maximum atomic E-state index is 12.5. The minimum atomic E-state index is -3.38. The van der Waals surface area contributed by atoms with Gasteiger partial charge in [0.15, 0.2) is 0 Å². The molecule has 0 radical (unpaired) electrons. The number of hydrogen-bond donors (Lipinski definition) is 0. The standard InChI is InChI=1S/C10H13BrClNO2S2/c1-7-9(6-10(11)16-7)17(14,15)13(5-4-12)8-2-3-8/h6,8H,2-5H2,1H3. The van der Waals surface area contributed by atoms with E-state index in [9.17, 15) is 8.42 Å². The topological polar surface area (TPSA) is 37.4 Å². The second kappa shape index (κ2) is 5.17. The summed E-state index contributed by atoms with van der Waals surface area (Å²) in [5.74, 6) is 0.333. The first-order chi connectivity index (χ1) is 7.96. The Balaban J connectivity index is 2.36. The molecule has 1 fully saturated rings. The highest BCUT2D eigenvalue weighted by molar-refractivity contribution is 9.11. The number of aryl methyl sites for hydroxylation is 1. The minimum Gasteiger partial charge on any atom is -0.207 e. The van der Waals surface area contributed by atoms with Crippen LogP contribution in [-0.4, -0.2) is 31.2 Å². The van der Waals surface area contributed by atoms with E-state index in [1.807, 2.05) is 6.92 Å². The van der Waals surface area contributed by atoms with Crippen LogP contribution >= 0.6 is 38.9 Å². The zero-order chi connectivity index (χ0) is 12.6. The van der Waals surface area contributed by atoms with Crippen LogP contribution in [0.25, 0.3) is 0 Å². The summed E-state index contributed by atoms with van der Waals surface area (Å²) in [6.07, 6.45) is 1.89. The molecule has 1 aliphatic carbocycles. The zero-order valence-electron chi connectivity index (χ0n) is 9.32. The molecule has 1 aromatic rings. The van der Waals surface area contributed by atoms with Crippen molar-refractivity contribution in [2.45, 2.75) is 30.7 Å². The van der Waals surface area contributed by atoms with Crippen molar-refractivity contribution in [1.82, 2.24) is 4.31 Å². The molecule has 17 heavy (non-hydrogen) atoms. The zero-order valence-corrected chi connectivity index (χ0v) is 13.3. The van der Waals surface area contributed by atoms with Crippen molar-refractivity contribution >= 4 is 48.9 Å². The summed E-state index contributed by atoms with van der Waals surface area (Å²) in [5, 5.41) is 0. The fourth-order valence-corrected chi connectivity index (χ4v) is 6.11. The van der Waals surface area contributed by atoms with Gasteiger partial charge in [-0.3, -0.25) is 0 Å². The molecule has 7 heteroatoms. The Morgan fingerprint density at radius 1 is 1.59 bits per heavy atom. The van der Waals surface area contributed by atoms with Gasteiger partial charge in [-0.1, -0.05) is 0 Å². The van der Waals surface area contributed by atoms with Crippen molar-refractivity contribution in [3.05, 3.63) is 14.7 Å². The van der Waals surface area contributed by atoms with E-state index in [0.29, 0.717) is 17.3 Å². The third kappa shape index (κ3) is 2.87. The first-order valence-electron chi connectivity index (χ1n) is 5.30. The molecule has 96 valence electrons. The van der Waals surface area contributed by atoms with E-state index < -0.39 is 10.0 Å². The van der Waals surface area contributed by atoms with Crippen LogP contribution < -0.4 is 0 Å². The number of nitrogens with zero attached hydrogens (tertiary/aromatic N) is 1. The van der Waals surface area contributed by atoms with Crippen molar-refractivity contribution in [2.24, 2.45) is 0 Å². The van der Waals surface area contributed by atoms with Crippen molar-refractivity contribution in [3.8, 4) is 0 Å². The lowest BCUT2D eigenvalue weighted by atomic mass is 10.5. The molecule has 0 N–H and O–H groups in total. The van der Waals surface area contributed by atoms with Gasteiger partial charge in [0.05, 0.1) is 8.68 Å². The van der Waals surface area contributed by atoms with Crippen molar-refractivity contribution < 1.29 is 8.42 Å². The maximum absolute atomic E-state index is 12.5. The largest absolute Gasteiger partial charge is 0.244 e. The first kappa shape index (κ1) is 13.8.